The van der Waals surface area contributed by atoms with E-state index in [1.165, 1.54) is 0 Å². The van der Waals surface area contributed by atoms with Gasteiger partial charge in [0.05, 0.1) is 0 Å². The SMILES string of the molecule is CCCNC(=O)NC(=O)COc1ccc(N)cc1. The van der Waals surface area contributed by atoms with Crippen LogP contribution in [0, 0.1) is 0 Å². The zero-order valence-electron chi connectivity index (χ0n) is 10.2. The number of nitrogens with one attached hydrogen (secondary N) is 2. The lowest BCUT2D eigenvalue weighted by Crippen LogP contribution is -2.41. The summed E-state index contributed by atoms with van der Waals surface area (Å²) in [5.41, 5.74) is 6.12. The molecule has 0 unspecified atom stereocenters. The highest BCUT2D eigenvalue weighted by Gasteiger charge is 2.07. The molecule has 0 aromatic heterocycles. The predicted octanol–water partition coefficient (Wildman–Crippen LogP) is 0.883. The predicted molar refractivity (Wildman–Crippen MR) is 68.2 cm³/mol. The number of anilines is 1. The summed E-state index contributed by atoms with van der Waals surface area (Å²) < 4.78 is 5.18. The molecule has 0 radical (unpaired) electrons. The highest BCUT2D eigenvalue weighted by atomic mass is 16.5. The van der Waals surface area contributed by atoms with E-state index >= 15 is 0 Å². The fraction of sp³-hybridized carbons (Fsp3) is 0.333. The van der Waals surface area contributed by atoms with E-state index in [0.717, 1.165) is 6.42 Å². The molecule has 3 amide bonds. The molecule has 98 valence electrons. The Kier molecular flexibility index (Phi) is 5.50. The molecule has 1 aromatic rings. The monoisotopic (exact) mass is 251 g/mol. The van der Waals surface area contributed by atoms with Crippen molar-refractivity contribution in [1.82, 2.24) is 10.6 Å². The van der Waals surface area contributed by atoms with Gasteiger partial charge in [0.15, 0.2) is 6.61 Å². The van der Waals surface area contributed by atoms with E-state index in [4.69, 9.17) is 10.5 Å². The van der Waals surface area contributed by atoms with Gasteiger partial charge in [-0.25, -0.2) is 4.79 Å². The first-order valence-corrected chi connectivity index (χ1v) is 5.68. The normalized spacial score (nSPS) is 9.61. The molecule has 6 heteroatoms. The van der Waals surface area contributed by atoms with Crippen LogP contribution in [0.2, 0.25) is 0 Å². The number of carbonyl (C=O) groups excluding carboxylic acids is 2. The van der Waals surface area contributed by atoms with Gasteiger partial charge in [-0.05, 0) is 30.7 Å². The lowest BCUT2D eigenvalue weighted by atomic mass is 10.3. The van der Waals surface area contributed by atoms with Crippen molar-refractivity contribution in [3.63, 3.8) is 0 Å². The molecule has 0 saturated heterocycles. The van der Waals surface area contributed by atoms with Crippen molar-refractivity contribution < 1.29 is 14.3 Å². The van der Waals surface area contributed by atoms with Gasteiger partial charge in [-0.2, -0.15) is 0 Å². The molecule has 1 rings (SSSR count). The summed E-state index contributed by atoms with van der Waals surface area (Å²) in [5.74, 6) is 0.0220. The Balaban J connectivity index is 2.28. The van der Waals surface area contributed by atoms with Gasteiger partial charge in [-0.3, -0.25) is 10.1 Å². The number of amides is 3. The van der Waals surface area contributed by atoms with Crippen molar-refractivity contribution in [2.75, 3.05) is 18.9 Å². The molecule has 18 heavy (non-hydrogen) atoms. The van der Waals surface area contributed by atoms with Crippen molar-refractivity contribution in [2.24, 2.45) is 0 Å². The first kappa shape index (κ1) is 13.8. The molecule has 0 aliphatic rings. The Morgan fingerprint density at radius 2 is 1.94 bits per heavy atom. The molecule has 0 atom stereocenters. The topological polar surface area (TPSA) is 93.5 Å². The van der Waals surface area contributed by atoms with Gasteiger partial charge in [-0.15, -0.1) is 0 Å². The van der Waals surface area contributed by atoms with Crippen LogP contribution in [0.5, 0.6) is 5.75 Å². The van der Waals surface area contributed by atoms with Gasteiger partial charge in [-0.1, -0.05) is 6.92 Å². The first-order valence-electron chi connectivity index (χ1n) is 5.68. The molecule has 0 aliphatic carbocycles. The minimum Gasteiger partial charge on any atom is -0.484 e. The van der Waals surface area contributed by atoms with E-state index in [2.05, 4.69) is 10.6 Å². The Morgan fingerprint density at radius 3 is 2.56 bits per heavy atom. The zero-order valence-corrected chi connectivity index (χ0v) is 10.2. The van der Waals surface area contributed by atoms with Gasteiger partial charge < -0.3 is 15.8 Å². The Morgan fingerprint density at radius 1 is 1.28 bits per heavy atom. The number of hydrogen-bond acceptors (Lipinski definition) is 4. The van der Waals surface area contributed by atoms with Crippen LogP contribution >= 0.6 is 0 Å². The summed E-state index contributed by atoms with van der Waals surface area (Å²) in [5, 5.41) is 4.68. The largest absolute Gasteiger partial charge is 0.484 e. The molecule has 6 nitrogen and oxygen atoms in total. The van der Waals surface area contributed by atoms with Crippen LogP contribution in [0.1, 0.15) is 13.3 Å². The first-order chi connectivity index (χ1) is 8.61. The Hall–Kier alpha value is -2.24. The van der Waals surface area contributed by atoms with E-state index in [-0.39, 0.29) is 6.61 Å². The van der Waals surface area contributed by atoms with Crippen molar-refractivity contribution >= 4 is 17.6 Å². The quantitative estimate of drug-likeness (QED) is 0.677. The van der Waals surface area contributed by atoms with Crippen LogP contribution in [0.15, 0.2) is 24.3 Å². The summed E-state index contributed by atoms with van der Waals surface area (Å²) in [6.07, 6.45) is 0.809. The number of nitrogens with two attached hydrogens (primary N) is 1. The molecule has 0 fully saturated rings. The van der Waals surface area contributed by atoms with Crippen molar-refractivity contribution in [1.29, 1.82) is 0 Å². The standard InChI is InChI=1S/C12H17N3O3/c1-2-7-14-12(17)15-11(16)8-18-10-5-3-9(13)4-6-10/h3-6H,2,7-8,13H2,1H3,(H2,14,15,16,17). The lowest BCUT2D eigenvalue weighted by molar-refractivity contribution is -0.122. The summed E-state index contributed by atoms with van der Waals surface area (Å²) in [6.45, 7) is 2.23. The van der Waals surface area contributed by atoms with Gasteiger partial charge in [0.25, 0.3) is 5.91 Å². The fourth-order valence-electron chi connectivity index (χ4n) is 1.16. The third-order valence-electron chi connectivity index (χ3n) is 2.04. The molecule has 0 saturated carbocycles. The third-order valence-corrected chi connectivity index (χ3v) is 2.04. The molecule has 0 bridgehead atoms. The lowest BCUT2D eigenvalue weighted by Gasteiger charge is -2.07. The van der Waals surface area contributed by atoms with Gasteiger partial charge >= 0.3 is 6.03 Å². The number of ether oxygens (including phenoxy) is 1. The highest BCUT2D eigenvalue weighted by Crippen LogP contribution is 2.12. The van der Waals surface area contributed by atoms with E-state index in [1.807, 2.05) is 6.92 Å². The molecule has 1 aromatic carbocycles. The van der Waals surface area contributed by atoms with Crippen molar-refractivity contribution in [3.8, 4) is 5.75 Å². The highest BCUT2D eigenvalue weighted by molar-refractivity contribution is 5.94. The smallest absolute Gasteiger partial charge is 0.321 e. The van der Waals surface area contributed by atoms with Crippen molar-refractivity contribution in [3.05, 3.63) is 24.3 Å². The number of imide groups is 1. The fourth-order valence-corrected chi connectivity index (χ4v) is 1.16. The molecule has 4 N–H and O–H groups in total. The van der Waals surface area contributed by atoms with Crippen LogP contribution in [0.3, 0.4) is 0 Å². The van der Waals surface area contributed by atoms with E-state index in [0.29, 0.717) is 18.0 Å². The Bertz CT molecular complexity index is 404. The Labute approximate surface area is 105 Å². The summed E-state index contributed by atoms with van der Waals surface area (Å²) in [6, 6.07) is 6.13. The van der Waals surface area contributed by atoms with Gasteiger partial charge in [0.2, 0.25) is 0 Å². The number of benzene rings is 1. The molecule has 0 aliphatic heterocycles. The van der Waals surface area contributed by atoms with E-state index in [1.54, 1.807) is 24.3 Å². The van der Waals surface area contributed by atoms with Crippen LogP contribution in [-0.4, -0.2) is 25.1 Å². The number of hydrogen-bond donors (Lipinski definition) is 3. The average molecular weight is 251 g/mol. The molecule has 0 spiro atoms. The number of urea groups is 1. The maximum Gasteiger partial charge on any atom is 0.321 e. The van der Waals surface area contributed by atoms with Crippen LogP contribution in [0.4, 0.5) is 10.5 Å². The minimum atomic E-state index is -0.511. The maximum atomic E-state index is 11.3. The average Bonchev–Trinajstić information content (AvgIpc) is 2.35. The van der Waals surface area contributed by atoms with Crippen LogP contribution < -0.4 is 21.1 Å². The number of carbonyl (C=O) groups is 2. The van der Waals surface area contributed by atoms with Crippen LogP contribution in [-0.2, 0) is 4.79 Å². The number of rotatable bonds is 5. The zero-order chi connectivity index (χ0) is 13.4. The summed E-state index contributed by atoms with van der Waals surface area (Å²) in [7, 11) is 0. The van der Waals surface area contributed by atoms with E-state index in [9.17, 15) is 9.59 Å². The van der Waals surface area contributed by atoms with Crippen molar-refractivity contribution in [2.45, 2.75) is 13.3 Å². The van der Waals surface area contributed by atoms with Gasteiger partial charge in [0.1, 0.15) is 5.75 Å². The maximum absolute atomic E-state index is 11.3. The number of nitrogen functional groups attached to an aromatic ring is 1. The third kappa shape index (κ3) is 5.20. The van der Waals surface area contributed by atoms with E-state index < -0.39 is 11.9 Å². The minimum absolute atomic E-state index is 0.219. The summed E-state index contributed by atoms with van der Waals surface area (Å²) in [4.78, 5) is 22.5. The molecular formula is C12H17N3O3. The summed E-state index contributed by atoms with van der Waals surface area (Å²) >= 11 is 0. The second-order valence-corrected chi connectivity index (χ2v) is 3.66. The van der Waals surface area contributed by atoms with Gasteiger partial charge in [0, 0.05) is 12.2 Å². The second kappa shape index (κ2) is 7.16. The molecule has 0 heterocycles. The van der Waals surface area contributed by atoms with Crippen LogP contribution in [0.25, 0.3) is 0 Å². The second-order valence-electron chi connectivity index (χ2n) is 3.66. The molecular weight excluding hydrogens is 234 g/mol.